The predicted molar refractivity (Wildman–Crippen MR) is 44.3 cm³/mol. The molecule has 0 unspecified atom stereocenters. The Bertz CT molecular complexity index is 172. The number of hydrogen-bond acceptors (Lipinski definition) is 2. The van der Waals surface area contributed by atoms with Crippen LogP contribution in [-0.2, 0) is 16.1 Å². The second-order valence-corrected chi connectivity index (χ2v) is 1.92. The summed E-state index contributed by atoms with van der Waals surface area (Å²) in [6.07, 6.45) is 0. The first-order valence-electron chi connectivity index (χ1n) is 3.25. The molecule has 0 N–H and O–H groups in total. The van der Waals surface area contributed by atoms with Crippen molar-refractivity contribution in [2.24, 2.45) is 0 Å². The number of carbonyl (C=O) groups excluding carboxylic acids is 1. The third kappa shape index (κ3) is 4.28. The highest BCUT2D eigenvalue weighted by Crippen LogP contribution is 1.98. The molecule has 0 aliphatic heterocycles. The normalized spacial score (nSPS) is 8.09. The summed E-state index contributed by atoms with van der Waals surface area (Å²) < 4.78 is 4.93. The van der Waals surface area contributed by atoms with Crippen LogP contribution in [0.25, 0.3) is 0 Å². The monoisotopic (exact) mass is 152 g/mol. The minimum absolute atomic E-state index is 0.709. The zero-order valence-electron chi connectivity index (χ0n) is 6.62. The maximum absolute atomic E-state index is 8.00. The number of methoxy groups -OCH3 is 1. The Morgan fingerprint density at radius 2 is 1.82 bits per heavy atom. The minimum atomic E-state index is 0.709. The number of hydrogen-bond donors (Lipinski definition) is 0. The number of ether oxygens (including phenoxy) is 1. The average molecular weight is 152 g/mol. The Labute approximate surface area is 66.8 Å². The first kappa shape index (κ1) is 9.85. The lowest BCUT2D eigenvalue weighted by molar-refractivity contribution is -0.0979. The summed E-state index contributed by atoms with van der Waals surface area (Å²) in [6.45, 7) is 2.71. The second kappa shape index (κ2) is 6.96. The molecule has 0 heterocycles. The Morgan fingerprint density at radius 3 is 2.27 bits per heavy atom. The van der Waals surface area contributed by atoms with Crippen LogP contribution >= 0.6 is 0 Å². The molecule has 0 atom stereocenters. The summed E-state index contributed by atoms with van der Waals surface area (Å²) in [6, 6.07) is 10.1. The summed E-state index contributed by atoms with van der Waals surface area (Å²) in [5, 5.41) is 0. The summed E-state index contributed by atoms with van der Waals surface area (Å²) in [4.78, 5) is 8.00. The van der Waals surface area contributed by atoms with E-state index in [1.54, 1.807) is 7.11 Å². The van der Waals surface area contributed by atoms with Crippen LogP contribution in [0.3, 0.4) is 0 Å². The van der Waals surface area contributed by atoms with Gasteiger partial charge < -0.3 is 9.53 Å². The van der Waals surface area contributed by atoms with Gasteiger partial charge in [-0.15, -0.1) is 0 Å². The van der Waals surface area contributed by atoms with Crippen molar-refractivity contribution >= 4 is 6.79 Å². The van der Waals surface area contributed by atoms with E-state index in [1.165, 1.54) is 5.56 Å². The average Bonchev–Trinajstić information content (AvgIpc) is 2.11. The Hall–Kier alpha value is -1.15. The zero-order valence-corrected chi connectivity index (χ0v) is 6.62. The number of benzene rings is 1. The largest absolute Gasteiger partial charge is 0.380 e. The molecule has 60 valence electrons. The smallest absolute Gasteiger partial charge is 0.106 e. The summed E-state index contributed by atoms with van der Waals surface area (Å²) >= 11 is 0. The van der Waals surface area contributed by atoms with Gasteiger partial charge in [0.15, 0.2) is 0 Å². The van der Waals surface area contributed by atoms with Crippen LogP contribution in [0.4, 0.5) is 0 Å². The van der Waals surface area contributed by atoms with E-state index in [9.17, 15) is 0 Å². The minimum Gasteiger partial charge on any atom is -0.380 e. The topological polar surface area (TPSA) is 26.3 Å². The van der Waals surface area contributed by atoms with Gasteiger partial charge in [0.2, 0.25) is 0 Å². The number of rotatable bonds is 2. The van der Waals surface area contributed by atoms with Crippen molar-refractivity contribution in [1.29, 1.82) is 0 Å². The molecule has 0 bridgehead atoms. The van der Waals surface area contributed by atoms with Gasteiger partial charge in [-0.05, 0) is 5.56 Å². The lowest BCUT2D eigenvalue weighted by atomic mass is 10.2. The zero-order chi connectivity index (χ0) is 8.53. The van der Waals surface area contributed by atoms with E-state index in [-0.39, 0.29) is 0 Å². The highest BCUT2D eigenvalue weighted by molar-refractivity contribution is 5.13. The quantitative estimate of drug-likeness (QED) is 0.644. The summed E-state index contributed by atoms with van der Waals surface area (Å²) in [5.41, 5.74) is 1.22. The summed E-state index contributed by atoms with van der Waals surface area (Å²) in [5.74, 6) is 0. The molecule has 1 rings (SSSR count). The van der Waals surface area contributed by atoms with Crippen molar-refractivity contribution in [3.63, 3.8) is 0 Å². The van der Waals surface area contributed by atoms with E-state index in [1.807, 2.05) is 37.1 Å². The van der Waals surface area contributed by atoms with Crippen molar-refractivity contribution < 1.29 is 9.53 Å². The van der Waals surface area contributed by atoms with Crippen LogP contribution < -0.4 is 0 Å². The molecular formula is C9H12O2. The maximum Gasteiger partial charge on any atom is 0.106 e. The molecule has 0 aliphatic carbocycles. The van der Waals surface area contributed by atoms with E-state index in [0.717, 1.165) is 0 Å². The first-order valence-corrected chi connectivity index (χ1v) is 3.25. The van der Waals surface area contributed by atoms with Gasteiger partial charge in [-0.1, -0.05) is 30.3 Å². The van der Waals surface area contributed by atoms with Crippen LogP contribution in [0.2, 0.25) is 0 Å². The highest BCUT2D eigenvalue weighted by atomic mass is 16.5. The van der Waals surface area contributed by atoms with Crippen LogP contribution in [0, 0.1) is 0 Å². The third-order valence-electron chi connectivity index (χ3n) is 1.15. The van der Waals surface area contributed by atoms with Gasteiger partial charge in [0.05, 0.1) is 6.61 Å². The number of carbonyl (C=O) groups is 1. The van der Waals surface area contributed by atoms with Crippen molar-refractivity contribution in [3.05, 3.63) is 35.9 Å². The fourth-order valence-electron chi connectivity index (χ4n) is 0.741. The molecule has 0 aromatic heterocycles. The van der Waals surface area contributed by atoms with Crippen LogP contribution in [0.5, 0.6) is 0 Å². The maximum atomic E-state index is 8.00. The SMILES string of the molecule is C=O.COCc1ccccc1. The predicted octanol–water partition coefficient (Wildman–Crippen LogP) is 1.65. The second-order valence-electron chi connectivity index (χ2n) is 1.92. The molecule has 0 radical (unpaired) electrons. The van der Waals surface area contributed by atoms with Gasteiger partial charge in [-0.25, -0.2) is 0 Å². The van der Waals surface area contributed by atoms with Crippen molar-refractivity contribution in [1.82, 2.24) is 0 Å². The lowest BCUT2D eigenvalue weighted by Crippen LogP contribution is -1.84. The van der Waals surface area contributed by atoms with E-state index in [0.29, 0.717) is 6.61 Å². The molecule has 0 saturated carbocycles. The van der Waals surface area contributed by atoms with Gasteiger partial charge in [-0.2, -0.15) is 0 Å². The van der Waals surface area contributed by atoms with Crippen molar-refractivity contribution in [2.75, 3.05) is 7.11 Å². The molecule has 0 amide bonds. The summed E-state index contributed by atoms with van der Waals surface area (Å²) in [7, 11) is 1.70. The standard InChI is InChI=1S/C8H10O.CH2O/c1-9-7-8-5-3-2-4-6-8;1-2/h2-6H,7H2,1H3;1H2. The molecule has 1 aromatic rings. The van der Waals surface area contributed by atoms with E-state index >= 15 is 0 Å². The van der Waals surface area contributed by atoms with Gasteiger partial charge in [-0.3, -0.25) is 0 Å². The molecular weight excluding hydrogens is 140 g/mol. The molecule has 11 heavy (non-hydrogen) atoms. The Morgan fingerprint density at radius 1 is 1.27 bits per heavy atom. The Kier molecular flexibility index (Phi) is 6.24. The van der Waals surface area contributed by atoms with Crippen LogP contribution in [-0.4, -0.2) is 13.9 Å². The molecule has 0 aliphatic rings. The van der Waals surface area contributed by atoms with E-state index in [4.69, 9.17) is 9.53 Å². The van der Waals surface area contributed by atoms with Gasteiger partial charge in [0, 0.05) is 7.11 Å². The third-order valence-corrected chi connectivity index (χ3v) is 1.15. The van der Waals surface area contributed by atoms with Crippen molar-refractivity contribution in [3.8, 4) is 0 Å². The van der Waals surface area contributed by atoms with Crippen LogP contribution in [0.1, 0.15) is 5.56 Å². The lowest BCUT2D eigenvalue weighted by Gasteiger charge is -1.95. The molecule has 0 saturated heterocycles. The molecule has 1 aromatic carbocycles. The fourth-order valence-corrected chi connectivity index (χ4v) is 0.741. The van der Waals surface area contributed by atoms with E-state index in [2.05, 4.69) is 0 Å². The van der Waals surface area contributed by atoms with Crippen molar-refractivity contribution in [2.45, 2.75) is 6.61 Å². The molecule has 0 spiro atoms. The highest BCUT2D eigenvalue weighted by Gasteiger charge is 1.84. The van der Waals surface area contributed by atoms with E-state index < -0.39 is 0 Å². The molecule has 0 fully saturated rings. The Balaban J connectivity index is 0.000000461. The fraction of sp³-hybridized carbons (Fsp3) is 0.222. The van der Waals surface area contributed by atoms with Gasteiger partial charge in [0.1, 0.15) is 6.79 Å². The van der Waals surface area contributed by atoms with Crippen LogP contribution in [0.15, 0.2) is 30.3 Å². The first-order chi connectivity index (χ1) is 5.43. The molecule has 2 heteroatoms. The van der Waals surface area contributed by atoms with Gasteiger partial charge >= 0.3 is 0 Å². The van der Waals surface area contributed by atoms with Gasteiger partial charge in [0.25, 0.3) is 0 Å². The molecule has 2 nitrogen and oxygen atoms in total.